The van der Waals surface area contributed by atoms with Gasteiger partial charge in [-0.3, -0.25) is 0 Å². The average molecular weight is 251 g/mol. The minimum Gasteiger partial charge on any atom is -0.0795 e. The van der Waals surface area contributed by atoms with Gasteiger partial charge < -0.3 is 0 Å². The van der Waals surface area contributed by atoms with Gasteiger partial charge in [0.1, 0.15) is 0 Å². The van der Waals surface area contributed by atoms with E-state index in [4.69, 9.17) is 0 Å². The molecule has 0 heterocycles. The van der Waals surface area contributed by atoms with Crippen LogP contribution in [0.4, 0.5) is 0 Å². The van der Waals surface area contributed by atoms with Gasteiger partial charge in [-0.15, -0.1) is 0 Å². The lowest BCUT2D eigenvalue weighted by atomic mass is 9.98. The van der Waals surface area contributed by atoms with E-state index in [1.54, 1.807) is 0 Å². The molecule has 0 spiro atoms. The van der Waals surface area contributed by atoms with Crippen LogP contribution in [0.25, 0.3) is 6.08 Å². The van der Waals surface area contributed by atoms with Gasteiger partial charge in [0.15, 0.2) is 0 Å². The van der Waals surface area contributed by atoms with Crippen molar-refractivity contribution in [2.24, 2.45) is 0 Å². The molecule has 0 fully saturated rings. The van der Waals surface area contributed by atoms with Gasteiger partial charge in [0, 0.05) is 4.47 Å². The molecule has 1 heteroatoms. The zero-order chi connectivity index (χ0) is 9.97. The lowest BCUT2D eigenvalue weighted by Gasteiger charge is -2.09. The van der Waals surface area contributed by atoms with Crippen LogP contribution in [0.3, 0.4) is 0 Å². The van der Waals surface area contributed by atoms with Gasteiger partial charge in [-0.25, -0.2) is 0 Å². The van der Waals surface area contributed by atoms with Crippen molar-refractivity contribution in [1.29, 1.82) is 0 Å². The molecule has 0 aliphatic heterocycles. The summed E-state index contributed by atoms with van der Waals surface area (Å²) in [4.78, 5) is 0. The van der Waals surface area contributed by atoms with Crippen LogP contribution >= 0.6 is 15.9 Å². The number of benzene rings is 1. The zero-order valence-electron chi connectivity index (χ0n) is 8.52. The van der Waals surface area contributed by atoms with Gasteiger partial charge in [-0.2, -0.15) is 0 Å². The van der Waals surface area contributed by atoms with Gasteiger partial charge in [0.25, 0.3) is 0 Å². The second-order valence-electron chi connectivity index (χ2n) is 3.81. The number of allylic oxidation sites excluding steroid dienone is 1. The highest BCUT2D eigenvalue weighted by Gasteiger charge is 2.12. The van der Waals surface area contributed by atoms with Crippen molar-refractivity contribution < 1.29 is 0 Å². The molecular weight excluding hydrogens is 236 g/mol. The fraction of sp³-hybridized carbons (Fsp3) is 0.385. The van der Waals surface area contributed by atoms with Crippen LogP contribution in [0.15, 0.2) is 22.7 Å². The van der Waals surface area contributed by atoms with Gasteiger partial charge in [0.2, 0.25) is 0 Å². The van der Waals surface area contributed by atoms with E-state index in [1.807, 2.05) is 0 Å². The van der Waals surface area contributed by atoms with Crippen molar-refractivity contribution in [3.63, 3.8) is 0 Å². The van der Waals surface area contributed by atoms with Crippen LogP contribution in [0.1, 0.15) is 36.5 Å². The van der Waals surface area contributed by atoms with Crippen LogP contribution in [-0.2, 0) is 12.8 Å². The Morgan fingerprint density at radius 1 is 1.36 bits per heavy atom. The lowest BCUT2D eigenvalue weighted by molar-refractivity contribution is 0.789. The van der Waals surface area contributed by atoms with Crippen molar-refractivity contribution in [3.8, 4) is 0 Å². The normalized spacial score (nSPS) is 13.3. The van der Waals surface area contributed by atoms with Gasteiger partial charge in [-0.1, -0.05) is 47.5 Å². The quantitative estimate of drug-likeness (QED) is 0.748. The minimum absolute atomic E-state index is 1.12. The van der Waals surface area contributed by atoms with E-state index >= 15 is 0 Å². The topological polar surface area (TPSA) is 0 Å². The molecule has 14 heavy (non-hydrogen) atoms. The highest BCUT2D eigenvalue weighted by Crippen LogP contribution is 2.30. The number of aryl methyl sites for hydroxylation is 1. The summed E-state index contributed by atoms with van der Waals surface area (Å²) in [5.41, 5.74) is 4.47. The van der Waals surface area contributed by atoms with Crippen molar-refractivity contribution in [2.45, 2.75) is 32.6 Å². The third-order valence-electron chi connectivity index (χ3n) is 2.81. The second-order valence-corrected chi connectivity index (χ2v) is 4.66. The molecule has 1 aliphatic rings. The molecule has 0 amide bonds. The number of halogens is 1. The van der Waals surface area contributed by atoms with E-state index in [2.05, 4.69) is 47.1 Å². The number of hydrogen-bond donors (Lipinski definition) is 0. The van der Waals surface area contributed by atoms with Gasteiger partial charge in [0.05, 0.1) is 0 Å². The molecule has 2 rings (SSSR count). The van der Waals surface area contributed by atoms with Crippen molar-refractivity contribution in [1.82, 2.24) is 0 Å². The molecule has 0 N–H and O–H groups in total. The molecule has 0 bridgehead atoms. The molecular formula is C13H15Br. The number of unbranched alkanes of at least 4 members (excludes halogenated alkanes) is 1. The van der Waals surface area contributed by atoms with E-state index in [9.17, 15) is 0 Å². The molecule has 0 radical (unpaired) electrons. The first kappa shape index (κ1) is 9.97. The van der Waals surface area contributed by atoms with Crippen LogP contribution in [0.2, 0.25) is 0 Å². The fourth-order valence-electron chi connectivity index (χ4n) is 2.00. The highest BCUT2D eigenvalue weighted by atomic mass is 79.9. The lowest BCUT2D eigenvalue weighted by Crippen LogP contribution is -1.94. The summed E-state index contributed by atoms with van der Waals surface area (Å²) in [5.74, 6) is 0. The summed E-state index contributed by atoms with van der Waals surface area (Å²) >= 11 is 3.60. The molecule has 0 atom stereocenters. The predicted molar refractivity (Wildman–Crippen MR) is 65.5 cm³/mol. The molecule has 0 saturated heterocycles. The number of hydrogen-bond acceptors (Lipinski definition) is 0. The monoisotopic (exact) mass is 250 g/mol. The fourth-order valence-corrected chi connectivity index (χ4v) is 2.50. The molecule has 0 saturated carbocycles. The SMILES string of the molecule is CCCCc1ccc(Br)c2c1CC=C2. The summed E-state index contributed by atoms with van der Waals surface area (Å²) in [7, 11) is 0. The predicted octanol–water partition coefficient (Wildman–Crippen LogP) is 4.36. The maximum Gasteiger partial charge on any atom is 0.0250 e. The maximum atomic E-state index is 3.60. The Bertz CT molecular complexity index is 364. The summed E-state index contributed by atoms with van der Waals surface area (Å²) in [6, 6.07) is 4.45. The zero-order valence-corrected chi connectivity index (χ0v) is 10.1. The first-order valence-corrected chi connectivity index (χ1v) is 6.09. The second kappa shape index (κ2) is 4.31. The van der Waals surface area contributed by atoms with Crippen LogP contribution in [0.5, 0.6) is 0 Å². The average Bonchev–Trinajstić information content (AvgIpc) is 2.66. The van der Waals surface area contributed by atoms with E-state index < -0.39 is 0 Å². The number of rotatable bonds is 3. The molecule has 74 valence electrons. The van der Waals surface area contributed by atoms with Crippen LogP contribution in [-0.4, -0.2) is 0 Å². The summed E-state index contributed by atoms with van der Waals surface area (Å²) in [5, 5.41) is 0. The molecule has 1 aromatic rings. The molecule has 1 aliphatic carbocycles. The Labute approximate surface area is 94.2 Å². The molecule has 1 aromatic carbocycles. The van der Waals surface area contributed by atoms with Crippen molar-refractivity contribution >= 4 is 22.0 Å². The van der Waals surface area contributed by atoms with Crippen LogP contribution < -0.4 is 0 Å². The molecule has 0 nitrogen and oxygen atoms in total. The highest BCUT2D eigenvalue weighted by molar-refractivity contribution is 9.10. The first-order chi connectivity index (χ1) is 6.83. The summed E-state index contributed by atoms with van der Waals surface area (Å²) in [6.45, 7) is 2.25. The Balaban J connectivity index is 2.31. The van der Waals surface area contributed by atoms with Gasteiger partial charge in [-0.05, 0) is 42.0 Å². The number of fused-ring (bicyclic) bond motifs is 1. The largest absolute Gasteiger partial charge is 0.0795 e. The van der Waals surface area contributed by atoms with E-state index in [0.717, 1.165) is 6.42 Å². The minimum atomic E-state index is 1.12. The summed E-state index contributed by atoms with van der Waals surface area (Å²) < 4.78 is 1.24. The standard InChI is InChI=1S/C13H15Br/c1-2-3-5-10-8-9-13(14)12-7-4-6-11(10)12/h4,7-9H,2-3,5-6H2,1H3. The Kier molecular flexibility index (Phi) is 3.07. The van der Waals surface area contributed by atoms with Crippen LogP contribution in [0, 0.1) is 0 Å². The Morgan fingerprint density at radius 3 is 3.00 bits per heavy atom. The molecule has 0 unspecified atom stereocenters. The van der Waals surface area contributed by atoms with E-state index in [-0.39, 0.29) is 0 Å². The van der Waals surface area contributed by atoms with Gasteiger partial charge >= 0.3 is 0 Å². The van der Waals surface area contributed by atoms with E-state index in [1.165, 1.54) is 40.4 Å². The van der Waals surface area contributed by atoms with Crippen molar-refractivity contribution in [3.05, 3.63) is 39.4 Å². The Hall–Kier alpha value is -0.560. The molecule has 0 aromatic heterocycles. The first-order valence-electron chi connectivity index (χ1n) is 5.29. The third-order valence-corrected chi connectivity index (χ3v) is 3.50. The van der Waals surface area contributed by atoms with Crippen molar-refractivity contribution in [2.75, 3.05) is 0 Å². The van der Waals surface area contributed by atoms with E-state index in [0.29, 0.717) is 0 Å². The Morgan fingerprint density at radius 2 is 2.21 bits per heavy atom. The smallest absolute Gasteiger partial charge is 0.0250 e. The summed E-state index contributed by atoms with van der Waals surface area (Å²) in [6.07, 6.45) is 9.41. The maximum absolute atomic E-state index is 3.60. The third kappa shape index (κ3) is 1.78.